The Hall–Kier alpha value is -1.67. The molecule has 0 saturated heterocycles. The van der Waals surface area contributed by atoms with Gasteiger partial charge in [-0.1, -0.05) is 61.0 Å². The van der Waals surface area contributed by atoms with E-state index in [1.807, 2.05) is 24.3 Å². The van der Waals surface area contributed by atoms with Gasteiger partial charge >= 0.3 is 6.03 Å². The maximum Gasteiger partial charge on any atom is 0.325 e. The van der Waals surface area contributed by atoms with Crippen LogP contribution in [-0.4, -0.2) is 29.3 Å². The molecular weight excluding hydrogens is 402 g/mol. The third-order valence-corrected chi connectivity index (χ3v) is 4.55. The Labute approximate surface area is 161 Å². The number of nitrogens with one attached hydrogen (secondary N) is 2. The van der Waals surface area contributed by atoms with Crippen molar-refractivity contribution in [2.75, 3.05) is 28.6 Å². The van der Waals surface area contributed by atoms with Gasteiger partial charge in [-0.05, 0) is 30.0 Å². The second-order valence-corrected chi connectivity index (χ2v) is 8.54. The molecule has 0 aliphatic rings. The number of anilines is 3. The predicted octanol–water partition coefficient (Wildman–Crippen LogP) is 5.06. The highest BCUT2D eigenvalue weighted by Gasteiger charge is 2.16. The Morgan fingerprint density at radius 1 is 1.16 bits per heavy atom. The standard InChI is InChI=1S/C17H24BrN5OS/c1-11(2)9-23(10-12(3)4)17-22-21-16(25-17)20-15(24)19-14-7-5-6-13(18)8-14/h5-8,11-12H,9-10H2,1-4H3,(H2,19,20,21,24). The molecule has 136 valence electrons. The molecule has 0 aliphatic carbocycles. The molecule has 8 heteroatoms. The van der Waals surface area contributed by atoms with Gasteiger partial charge in [0.05, 0.1) is 0 Å². The highest BCUT2D eigenvalue weighted by molar-refractivity contribution is 9.10. The van der Waals surface area contributed by atoms with Gasteiger partial charge in [0.1, 0.15) is 0 Å². The van der Waals surface area contributed by atoms with E-state index >= 15 is 0 Å². The zero-order chi connectivity index (χ0) is 18.4. The number of hydrogen-bond acceptors (Lipinski definition) is 5. The third kappa shape index (κ3) is 6.62. The molecule has 1 aromatic heterocycles. The fourth-order valence-electron chi connectivity index (χ4n) is 2.33. The molecule has 1 heterocycles. The van der Waals surface area contributed by atoms with Crippen LogP contribution in [0.2, 0.25) is 0 Å². The average Bonchev–Trinajstić information content (AvgIpc) is 2.93. The summed E-state index contributed by atoms with van der Waals surface area (Å²) in [6, 6.07) is 7.08. The van der Waals surface area contributed by atoms with Crippen molar-refractivity contribution in [3.8, 4) is 0 Å². The van der Waals surface area contributed by atoms with Gasteiger partial charge < -0.3 is 10.2 Å². The van der Waals surface area contributed by atoms with E-state index in [2.05, 4.69) is 69.4 Å². The van der Waals surface area contributed by atoms with Crippen LogP contribution in [0, 0.1) is 11.8 Å². The van der Waals surface area contributed by atoms with Crippen molar-refractivity contribution in [3.63, 3.8) is 0 Å². The second-order valence-electron chi connectivity index (χ2n) is 6.67. The largest absolute Gasteiger partial charge is 0.346 e. The molecule has 1 aromatic carbocycles. The number of halogens is 1. The van der Waals surface area contributed by atoms with Gasteiger partial charge in [0.15, 0.2) is 0 Å². The van der Waals surface area contributed by atoms with E-state index < -0.39 is 0 Å². The molecule has 2 rings (SSSR count). The van der Waals surface area contributed by atoms with Crippen LogP contribution in [0.25, 0.3) is 0 Å². The van der Waals surface area contributed by atoms with Gasteiger partial charge in [0.2, 0.25) is 10.3 Å². The molecule has 0 aliphatic heterocycles. The Balaban J connectivity index is 2.00. The molecule has 25 heavy (non-hydrogen) atoms. The predicted molar refractivity (Wildman–Crippen MR) is 109 cm³/mol. The SMILES string of the molecule is CC(C)CN(CC(C)C)c1nnc(NC(=O)Nc2cccc(Br)c2)s1. The van der Waals surface area contributed by atoms with Crippen molar-refractivity contribution in [2.45, 2.75) is 27.7 Å². The number of rotatable bonds is 7. The van der Waals surface area contributed by atoms with E-state index in [0.29, 0.717) is 22.7 Å². The van der Waals surface area contributed by atoms with E-state index in [4.69, 9.17) is 0 Å². The smallest absolute Gasteiger partial charge is 0.325 e. The minimum absolute atomic E-state index is 0.333. The lowest BCUT2D eigenvalue weighted by Crippen LogP contribution is -2.31. The maximum absolute atomic E-state index is 12.1. The van der Waals surface area contributed by atoms with Gasteiger partial charge in [-0.3, -0.25) is 5.32 Å². The number of amides is 2. The summed E-state index contributed by atoms with van der Waals surface area (Å²) < 4.78 is 0.904. The van der Waals surface area contributed by atoms with Gasteiger partial charge in [0, 0.05) is 23.2 Å². The van der Waals surface area contributed by atoms with Gasteiger partial charge in [0.25, 0.3) is 0 Å². The topological polar surface area (TPSA) is 70.2 Å². The van der Waals surface area contributed by atoms with Crippen molar-refractivity contribution >= 4 is 49.2 Å². The van der Waals surface area contributed by atoms with E-state index in [0.717, 1.165) is 22.7 Å². The first-order chi connectivity index (χ1) is 11.8. The van der Waals surface area contributed by atoms with Crippen LogP contribution in [0.5, 0.6) is 0 Å². The summed E-state index contributed by atoms with van der Waals surface area (Å²) in [6.45, 7) is 10.5. The monoisotopic (exact) mass is 425 g/mol. The summed E-state index contributed by atoms with van der Waals surface area (Å²) in [4.78, 5) is 14.3. The molecule has 0 unspecified atom stereocenters. The van der Waals surface area contributed by atoms with Crippen LogP contribution < -0.4 is 15.5 Å². The molecule has 2 aromatic rings. The lowest BCUT2D eigenvalue weighted by atomic mass is 10.1. The summed E-state index contributed by atoms with van der Waals surface area (Å²) in [5.41, 5.74) is 0.706. The number of carbonyl (C=O) groups excluding carboxylic acids is 1. The first kappa shape index (κ1) is 19.7. The normalized spacial score (nSPS) is 11.0. The zero-order valence-corrected chi connectivity index (χ0v) is 17.3. The Bertz CT molecular complexity index is 694. The number of benzene rings is 1. The fourth-order valence-corrected chi connectivity index (χ4v) is 3.49. The quantitative estimate of drug-likeness (QED) is 0.649. The van der Waals surface area contributed by atoms with Crippen LogP contribution in [0.4, 0.5) is 20.7 Å². The fraction of sp³-hybridized carbons (Fsp3) is 0.471. The number of aromatic nitrogens is 2. The Morgan fingerprint density at radius 3 is 2.44 bits per heavy atom. The van der Waals surface area contributed by atoms with E-state index in [1.54, 1.807) is 0 Å². The molecule has 2 N–H and O–H groups in total. The highest BCUT2D eigenvalue weighted by atomic mass is 79.9. The van der Waals surface area contributed by atoms with Crippen molar-refractivity contribution in [1.82, 2.24) is 10.2 Å². The van der Waals surface area contributed by atoms with Crippen molar-refractivity contribution < 1.29 is 4.79 Å². The average molecular weight is 426 g/mol. The lowest BCUT2D eigenvalue weighted by molar-refractivity contribution is 0.262. The number of nitrogens with zero attached hydrogens (tertiary/aromatic N) is 3. The van der Waals surface area contributed by atoms with Gasteiger partial charge in [-0.25, -0.2) is 4.79 Å². The Kier molecular flexibility index (Phi) is 7.19. The van der Waals surface area contributed by atoms with Crippen LogP contribution in [0.3, 0.4) is 0 Å². The third-order valence-electron chi connectivity index (χ3n) is 3.16. The molecule has 2 amide bonds. The van der Waals surface area contributed by atoms with Gasteiger partial charge in [-0.15, -0.1) is 10.2 Å². The molecule has 0 atom stereocenters. The van der Waals surface area contributed by atoms with Crippen LogP contribution in [0.1, 0.15) is 27.7 Å². The molecule has 0 saturated carbocycles. The summed E-state index contributed by atoms with van der Waals surface area (Å²) in [5.74, 6) is 1.05. The first-order valence-electron chi connectivity index (χ1n) is 8.25. The summed E-state index contributed by atoms with van der Waals surface area (Å²) >= 11 is 4.77. The molecule has 0 radical (unpaired) electrons. The minimum Gasteiger partial charge on any atom is -0.346 e. The maximum atomic E-state index is 12.1. The van der Waals surface area contributed by atoms with Crippen molar-refractivity contribution in [3.05, 3.63) is 28.7 Å². The molecule has 0 bridgehead atoms. The Morgan fingerprint density at radius 2 is 1.84 bits per heavy atom. The van der Waals surface area contributed by atoms with E-state index in [1.165, 1.54) is 11.3 Å². The van der Waals surface area contributed by atoms with E-state index in [-0.39, 0.29) is 6.03 Å². The summed E-state index contributed by atoms with van der Waals surface area (Å²) in [6.07, 6.45) is 0. The molecule has 0 fully saturated rings. The van der Waals surface area contributed by atoms with E-state index in [9.17, 15) is 4.79 Å². The number of carbonyl (C=O) groups is 1. The lowest BCUT2D eigenvalue weighted by Gasteiger charge is -2.25. The van der Waals surface area contributed by atoms with Crippen molar-refractivity contribution in [1.29, 1.82) is 0 Å². The first-order valence-corrected chi connectivity index (χ1v) is 9.86. The minimum atomic E-state index is -0.333. The van der Waals surface area contributed by atoms with Crippen molar-refractivity contribution in [2.24, 2.45) is 11.8 Å². The summed E-state index contributed by atoms with van der Waals surface area (Å²) in [7, 11) is 0. The number of urea groups is 1. The highest BCUT2D eigenvalue weighted by Crippen LogP contribution is 2.26. The number of hydrogen-bond donors (Lipinski definition) is 2. The summed E-state index contributed by atoms with van der Waals surface area (Å²) in [5, 5.41) is 15.2. The van der Waals surface area contributed by atoms with Crippen LogP contribution in [-0.2, 0) is 0 Å². The zero-order valence-electron chi connectivity index (χ0n) is 14.9. The molecular formula is C17H24BrN5OS. The van der Waals surface area contributed by atoms with Gasteiger partial charge in [-0.2, -0.15) is 0 Å². The van der Waals surface area contributed by atoms with Crippen LogP contribution in [0.15, 0.2) is 28.7 Å². The molecule has 6 nitrogen and oxygen atoms in total. The second kappa shape index (κ2) is 9.15. The van der Waals surface area contributed by atoms with Crippen LogP contribution >= 0.6 is 27.3 Å². The molecule has 0 spiro atoms.